The van der Waals surface area contributed by atoms with Crippen molar-refractivity contribution >= 4 is 17.3 Å². The van der Waals surface area contributed by atoms with Gasteiger partial charge in [-0.15, -0.1) is 11.3 Å². The molecule has 0 fully saturated rings. The van der Waals surface area contributed by atoms with E-state index in [2.05, 4.69) is 50.9 Å². The maximum absolute atomic E-state index is 12.3. The van der Waals surface area contributed by atoms with Crippen LogP contribution in [0.4, 0.5) is 0 Å². The standard InChI is InChI=1S/C25H35NO2S/c1-5-6-7-10-15-26(4)17-18-11-8-9-12-19(18)23-22(24(27)28)20-16-25(2,3)14-13-21(20)29-23/h8-9,11-12H,5-7,10,13-17H2,1-4H3,(H,27,28). The van der Waals surface area contributed by atoms with E-state index in [9.17, 15) is 9.90 Å². The first-order chi connectivity index (χ1) is 13.8. The van der Waals surface area contributed by atoms with Crippen LogP contribution in [0.15, 0.2) is 24.3 Å². The average molecular weight is 414 g/mol. The van der Waals surface area contributed by atoms with Crippen molar-refractivity contribution in [2.24, 2.45) is 5.41 Å². The van der Waals surface area contributed by atoms with Crippen molar-refractivity contribution in [3.8, 4) is 10.4 Å². The van der Waals surface area contributed by atoms with Gasteiger partial charge in [-0.05, 0) is 61.4 Å². The number of fused-ring (bicyclic) bond motifs is 1. The first-order valence-corrected chi connectivity index (χ1v) is 11.8. The number of carbonyl (C=O) groups is 1. The van der Waals surface area contributed by atoms with Gasteiger partial charge in [0.1, 0.15) is 0 Å². The van der Waals surface area contributed by atoms with Crippen LogP contribution in [0.5, 0.6) is 0 Å². The molecule has 0 aliphatic heterocycles. The Hall–Kier alpha value is -1.65. The Morgan fingerprint density at radius 1 is 1.21 bits per heavy atom. The minimum atomic E-state index is -0.780. The zero-order chi connectivity index (χ0) is 21.0. The minimum absolute atomic E-state index is 0.174. The SMILES string of the molecule is CCCCCCN(C)Cc1ccccc1-c1sc2c(c1C(=O)O)CC(C)(C)CC2. The lowest BCUT2D eigenvalue weighted by Gasteiger charge is -2.29. The Bertz CT molecular complexity index is 853. The summed E-state index contributed by atoms with van der Waals surface area (Å²) in [6.07, 6.45) is 8.02. The predicted octanol–water partition coefficient (Wildman–Crippen LogP) is 6.64. The molecule has 2 aromatic rings. The molecule has 3 rings (SSSR count). The molecule has 1 aromatic carbocycles. The first-order valence-electron chi connectivity index (χ1n) is 11.0. The Kier molecular flexibility index (Phi) is 7.18. The first kappa shape index (κ1) is 22.0. The van der Waals surface area contributed by atoms with Crippen LogP contribution in [0.25, 0.3) is 10.4 Å². The summed E-state index contributed by atoms with van der Waals surface area (Å²) in [6, 6.07) is 8.37. The molecule has 4 heteroatoms. The van der Waals surface area contributed by atoms with Crippen LogP contribution < -0.4 is 0 Å². The molecule has 0 saturated heterocycles. The number of thiophene rings is 1. The normalized spacial score (nSPS) is 15.5. The molecule has 158 valence electrons. The van der Waals surface area contributed by atoms with Crippen LogP contribution in [0.2, 0.25) is 0 Å². The van der Waals surface area contributed by atoms with Crippen molar-refractivity contribution in [2.75, 3.05) is 13.6 Å². The molecule has 0 amide bonds. The summed E-state index contributed by atoms with van der Waals surface area (Å²) in [6.45, 7) is 8.67. The highest BCUT2D eigenvalue weighted by molar-refractivity contribution is 7.16. The van der Waals surface area contributed by atoms with Gasteiger partial charge in [0.15, 0.2) is 0 Å². The van der Waals surface area contributed by atoms with Crippen LogP contribution in [0, 0.1) is 5.41 Å². The Labute approximate surface area is 179 Å². The van der Waals surface area contributed by atoms with Crippen LogP contribution >= 0.6 is 11.3 Å². The van der Waals surface area contributed by atoms with Gasteiger partial charge in [0, 0.05) is 16.3 Å². The maximum Gasteiger partial charge on any atom is 0.337 e. The Balaban J connectivity index is 1.90. The lowest BCUT2D eigenvalue weighted by atomic mass is 9.76. The summed E-state index contributed by atoms with van der Waals surface area (Å²) in [7, 11) is 2.17. The molecule has 0 spiro atoms. The highest BCUT2D eigenvalue weighted by Crippen LogP contribution is 2.45. The van der Waals surface area contributed by atoms with Crippen molar-refractivity contribution in [3.05, 3.63) is 45.8 Å². The largest absolute Gasteiger partial charge is 0.478 e. The van der Waals surface area contributed by atoms with E-state index in [-0.39, 0.29) is 5.41 Å². The molecule has 0 saturated carbocycles. The number of aromatic carboxylic acids is 1. The number of rotatable bonds is 9. The van der Waals surface area contributed by atoms with Crippen LogP contribution in [-0.2, 0) is 19.4 Å². The van der Waals surface area contributed by atoms with Crippen molar-refractivity contribution in [1.29, 1.82) is 0 Å². The number of benzene rings is 1. The summed E-state index contributed by atoms with van der Waals surface area (Å²) in [5.74, 6) is -0.780. The number of unbranched alkanes of at least 4 members (excludes halogenated alkanes) is 3. The van der Waals surface area contributed by atoms with Gasteiger partial charge in [0.05, 0.1) is 5.56 Å². The molecule has 1 N–H and O–H groups in total. The summed E-state index contributed by atoms with van der Waals surface area (Å²) in [5, 5.41) is 10.1. The third kappa shape index (κ3) is 5.29. The number of carboxylic acid groups (broad SMARTS) is 1. The van der Waals surface area contributed by atoms with Gasteiger partial charge in [0.2, 0.25) is 0 Å². The molecular formula is C25H35NO2S. The van der Waals surface area contributed by atoms with Gasteiger partial charge in [-0.3, -0.25) is 0 Å². The van der Waals surface area contributed by atoms with Crippen LogP contribution in [0.3, 0.4) is 0 Å². The van der Waals surface area contributed by atoms with E-state index < -0.39 is 5.97 Å². The van der Waals surface area contributed by atoms with Crippen molar-refractivity contribution in [2.45, 2.75) is 72.3 Å². The number of hydrogen-bond donors (Lipinski definition) is 1. The molecule has 1 aliphatic carbocycles. The molecule has 1 aliphatic rings. The molecule has 3 nitrogen and oxygen atoms in total. The molecular weight excluding hydrogens is 378 g/mol. The van der Waals surface area contributed by atoms with E-state index in [0.29, 0.717) is 5.56 Å². The smallest absolute Gasteiger partial charge is 0.337 e. The van der Waals surface area contributed by atoms with E-state index in [1.54, 1.807) is 11.3 Å². The van der Waals surface area contributed by atoms with Gasteiger partial charge in [0.25, 0.3) is 0 Å². The number of aryl methyl sites for hydroxylation is 1. The second kappa shape index (κ2) is 9.44. The number of carboxylic acids is 1. The summed E-state index contributed by atoms with van der Waals surface area (Å²) in [5.41, 5.74) is 4.13. The fraction of sp³-hybridized carbons (Fsp3) is 0.560. The molecule has 29 heavy (non-hydrogen) atoms. The molecule has 0 radical (unpaired) electrons. The number of hydrogen-bond acceptors (Lipinski definition) is 3. The molecule has 0 atom stereocenters. The fourth-order valence-electron chi connectivity index (χ4n) is 4.39. The van der Waals surface area contributed by atoms with E-state index in [1.807, 2.05) is 6.07 Å². The average Bonchev–Trinajstić information content (AvgIpc) is 3.03. The summed E-state index contributed by atoms with van der Waals surface area (Å²) >= 11 is 1.71. The predicted molar refractivity (Wildman–Crippen MR) is 123 cm³/mol. The topological polar surface area (TPSA) is 40.5 Å². The van der Waals surface area contributed by atoms with E-state index in [1.165, 1.54) is 36.1 Å². The molecule has 0 bridgehead atoms. The van der Waals surface area contributed by atoms with E-state index >= 15 is 0 Å². The quantitative estimate of drug-likeness (QED) is 0.468. The fourth-order valence-corrected chi connectivity index (χ4v) is 5.76. The maximum atomic E-state index is 12.3. The summed E-state index contributed by atoms with van der Waals surface area (Å²) in [4.78, 5) is 16.9. The monoisotopic (exact) mass is 413 g/mol. The van der Waals surface area contributed by atoms with E-state index in [0.717, 1.165) is 48.4 Å². The van der Waals surface area contributed by atoms with Crippen molar-refractivity contribution in [3.63, 3.8) is 0 Å². The highest BCUT2D eigenvalue weighted by atomic mass is 32.1. The van der Waals surface area contributed by atoms with Gasteiger partial charge < -0.3 is 10.0 Å². The third-order valence-corrected chi connectivity index (χ3v) is 7.41. The van der Waals surface area contributed by atoms with E-state index in [4.69, 9.17) is 0 Å². The lowest BCUT2D eigenvalue weighted by Crippen LogP contribution is -2.22. The van der Waals surface area contributed by atoms with Crippen molar-refractivity contribution in [1.82, 2.24) is 4.90 Å². The summed E-state index contributed by atoms with van der Waals surface area (Å²) < 4.78 is 0. The molecule has 1 heterocycles. The molecule has 0 unspecified atom stereocenters. The van der Waals surface area contributed by atoms with Gasteiger partial charge in [-0.1, -0.05) is 64.3 Å². The zero-order valence-corrected chi connectivity index (χ0v) is 19.2. The Morgan fingerprint density at radius 3 is 2.69 bits per heavy atom. The van der Waals surface area contributed by atoms with Crippen molar-refractivity contribution < 1.29 is 9.90 Å². The van der Waals surface area contributed by atoms with Gasteiger partial charge in [-0.25, -0.2) is 4.79 Å². The van der Waals surface area contributed by atoms with Gasteiger partial charge >= 0.3 is 5.97 Å². The second-order valence-corrected chi connectivity index (χ2v) is 10.4. The second-order valence-electron chi connectivity index (χ2n) is 9.31. The molecule has 1 aromatic heterocycles. The lowest BCUT2D eigenvalue weighted by molar-refractivity contribution is 0.0696. The van der Waals surface area contributed by atoms with Gasteiger partial charge in [-0.2, -0.15) is 0 Å². The number of nitrogens with zero attached hydrogens (tertiary/aromatic N) is 1. The van der Waals surface area contributed by atoms with Crippen LogP contribution in [-0.4, -0.2) is 29.6 Å². The van der Waals surface area contributed by atoms with Crippen LogP contribution in [0.1, 0.15) is 79.2 Å². The minimum Gasteiger partial charge on any atom is -0.478 e. The highest BCUT2D eigenvalue weighted by Gasteiger charge is 2.33. The Morgan fingerprint density at radius 2 is 1.97 bits per heavy atom. The zero-order valence-electron chi connectivity index (χ0n) is 18.4. The third-order valence-electron chi connectivity index (χ3n) is 6.08.